The van der Waals surface area contributed by atoms with Gasteiger partial charge in [-0.25, -0.2) is 19.9 Å². The van der Waals surface area contributed by atoms with Crippen LogP contribution in [0.1, 0.15) is 26.5 Å². The number of nitrogens with zero attached hydrogens (tertiary/aromatic N) is 7. The van der Waals surface area contributed by atoms with Gasteiger partial charge in [-0.2, -0.15) is 13.2 Å². The molecular formula is C22H23F3N8. The van der Waals surface area contributed by atoms with Crippen LogP contribution in [0.3, 0.4) is 0 Å². The summed E-state index contributed by atoms with van der Waals surface area (Å²) in [5.41, 5.74) is 0.801. The monoisotopic (exact) mass is 456 g/mol. The van der Waals surface area contributed by atoms with Gasteiger partial charge in [0.25, 0.3) is 0 Å². The van der Waals surface area contributed by atoms with Gasteiger partial charge in [0.05, 0.1) is 25.0 Å². The number of nitrogens with one attached hydrogen (secondary N) is 1. The molecule has 2 aliphatic rings. The average molecular weight is 456 g/mol. The Morgan fingerprint density at radius 2 is 1.88 bits per heavy atom. The Kier molecular flexibility index (Phi) is 5.15. The fourth-order valence-electron chi connectivity index (χ4n) is 4.52. The van der Waals surface area contributed by atoms with Gasteiger partial charge in [0.15, 0.2) is 17.2 Å². The fourth-order valence-corrected chi connectivity index (χ4v) is 4.52. The van der Waals surface area contributed by atoms with Crippen molar-refractivity contribution in [3.8, 4) is 11.5 Å². The number of rotatable bonds is 3. The summed E-state index contributed by atoms with van der Waals surface area (Å²) in [6.45, 7) is 7.06. The molecule has 4 unspecified atom stereocenters. The number of aliphatic imine (C=N–C) groups is 1. The molecule has 5 heterocycles. The summed E-state index contributed by atoms with van der Waals surface area (Å²) < 4.78 is 40.9. The number of halogens is 3. The van der Waals surface area contributed by atoms with Gasteiger partial charge in [-0.3, -0.25) is 9.39 Å². The van der Waals surface area contributed by atoms with Crippen molar-refractivity contribution in [2.75, 3.05) is 11.4 Å². The number of anilines is 1. The topological polar surface area (TPSA) is 83.6 Å². The number of alkyl halides is 3. The molecule has 1 N–H and O–H groups in total. The third-order valence-corrected chi connectivity index (χ3v) is 6.38. The zero-order chi connectivity index (χ0) is 23.3. The number of hydrogen-bond donors (Lipinski definition) is 1. The minimum Gasteiger partial charge on any atom is -0.348 e. The van der Waals surface area contributed by atoms with Gasteiger partial charge < -0.3 is 10.2 Å². The SMILES string of the molecule is CC1NC(C2=CCN=C2)C(C)N(c2ccnc(-c3cnc4cnc(C(F)(F)F)cn34)n2)C1C. The van der Waals surface area contributed by atoms with E-state index < -0.39 is 11.9 Å². The molecule has 2 aliphatic heterocycles. The number of piperazine rings is 1. The van der Waals surface area contributed by atoms with Crippen LogP contribution in [0.2, 0.25) is 0 Å². The van der Waals surface area contributed by atoms with Crippen molar-refractivity contribution >= 4 is 17.7 Å². The van der Waals surface area contributed by atoms with Crippen molar-refractivity contribution in [2.45, 2.75) is 51.1 Å². The minimum absolute atomic E-state index is 0.0676. The highest BCUT2D eigenvalue weighted by atomic mass is 19.4. The van der Waals surface area contributed by atoms with Crippen molar-refractivity contribution in [3.05, 3.63) is 48.2 Å². The van der Waals surface area contributed by atoms with Crippen LogP contribution >= 0.6 is 0 Å². The predicted octanol–water partition coefficient (Wildman–Crippen LogP) is 3.16. The normalized spacial score (nSPS) is 25.6. The average Bonchev–Trinajstić information content (AvgIpc) is 3.46. The highest BCUT2D eigenvalue weighted by Gasteiger charge is 2.39. The molecule has 1 fully saturated rings. The lowest BCUT2D eigenvalue weighted by Crippen LogP contribution is -2.65. The lowest BCUT2D eigenvalue weighted by Gasteiger charge is -2.48. The van der Waals surface area contributed by atoms with E-state index in [-0.39, 0.29) is 29.8 Å². The van der Waals surface area contributed by atoms with E-state index in [9.17, 15) is 13.2 Å². The molecule has 8 nitrogen and oxygen atoms in total. The molecule has 11 heteroatoms. The van der Waals surface area contributed by atoms with E-state index in [0.717, 1.165) is 18.0 Å². The van der Waals surface area contributed by atoms with Crippen molar-refractivity contribution in [1.29, 1.82) is 0 Å². The summed E-state index contributed by atoms with van der Waals surface area (Å²) in [5, 5.41) is 3.67. The Labute approximate surface area is 188 Å². The van der Waals surface area contributed by atoms with Crippen LogP contribution in [-0.4, -0.2) is 61.3 Å². The molecular weight excluding hydrogens is 433 g/mol. The lowest BCUT2D eigenvalue weighted by molar-refractivity contribution is -0.141. The summed E-state index contributed by atoms with van der Waals surface area (Å²) in [7, 11) is 0. The molecule has 33 heavy (non-hydrogen) atoms. The number of imidazole rings is 1. The first-order valence-corrected chi connectivity index (χ1v) is 10.7. The lowest BCUT2D eigenvalue weighted by atomic mass is 9.92. The van der Waals surface area contributed by atoms with Gasteiger partial charge in [-0.15, -0.1) is 0 Å². The largest absolute Gasteiger partial charge is 0.434 e. The molecule has 0 spiro atoms. The van der Waals surface area contributed by atoms with E-state index in [1.165, 1.54) is 10.6 Å². The Morgan fingerprint density at radius 3 is 2.61 bits per heavy atom. The molecule has 0 amide bonds. The molecule has 0 aliphatic carbocycles. The van der Waals surface area contributed by atoms with Gasteiger partial charge in [0.2, 0.25) is 0 Å². The number of fused-ring (bicyclic) bond motifs is 1. The van der Waals surface area contributed by atoms with E-state index in [0.29, 0.717) is 23.9 Å². The third kappa shape index (κ3) is 3.75. The van der Waals surface area contributed by atoms with Gasteiger partial charge >= 0.3 is 6.18 Å². The van der Waals surface area contributed by atoms with E-state index in [4.69, 9.17) is 4.98 Å². The first-order valence-electron chi connectivity index (χ1n) is 10.7. The van der Waals surface area contributed by atoms with Crippen LogP contribution in [0, 0.1) is 0 Å². The smallest absolute Gasteiger partial charge is 0.348 e. The van der Waals surface area contributed by atoms with Crippen molar-refractivity contribution in [2.24, 2.45) is 4.99 Å². The Hall–Kier alpha value is -3.34. The van der Waals surface area contributed by atoms with Crippen molar-refractivity contribution < 1.29 is 13.2 Å². The summed E-state index contributed by atoms with van der Waals surface area (Å²) in [6, 6.07) is 2.28. The van der Waals surface area contributed by atoms with Gasteiger partial charge in [0.1, 0.15) is 11.5 Å². The summed E-state index contributed by atoms with van der Waals surface area (Å²) >= 11 is 0. The molecule has 0 radical (unpaired) electrons. The van der Waals surface area contributed by atoms with Gasteiger partial charge in [-0.05, 0) is 32.4 Å². The van der Waals surface area contributed by atoms with Gasteiger partial charge in [0, 0.05) is 36.7 Å². The fraction of sp³-hybridized carbons (Fsp3) is 0.409. The van der Waals surface area contributed by atoms with Crippen LogP contribution < -0.4 is 10.2 Å². The molecule has 4 atom stereocenters. The molecule has 1 saturated heterocycles. The van der Waals surface area contributed by atoms with Crippen LogP contribution in [-0.2, 0) is 6.18 Å². The van der Waals surface area contributed by atoms with E-state index >= 15 is 0 Å². The van der Waals surface area contributed by atoms with Crippen molar-refractivity contribution in [1.82, 2.24) is 29.7 Å². The van der Waals surface area contributed by atoms with E-state index in [1.807, 2.05) is 12.3 Å². The second-order valence-electron chi connectivity index (χ2n) is 8.40. The van der Waals surface area contributed by atoms with Crippen LogP contribution in [0.15, 0.2) is 47.5 Å². The quantitative estimate of drug-likeness (QED) is 0.652. The number of hydrogen-bond acceptors (Lipinski definition) is 7. The second kappa shape index (κ2) is 7.91. The standard InChI is InChI=1S/C22H23F3N8/c1-12-13(2)33(14(3)20(30-12)15-4-6-26-8-15)18-5-7-27-21(31-18)16-9-29-19-10-28-17(11-32(16)19)22(23,24)25/h4-5,7-14,20,30H,6H2,1-3H3. The van der Waals surface area contributed by atoms with Crippen LogP contribution in [0.5, 0.6) is 0 Å². The first-order chi connectivity index (χ1) is 15.7. The minimum atomic E-state index is -4.56. The van der Waals surface area contributed by atoms with Crippen LogP contribution in [0.25, 0.3) is 17.2 Å². The second-order valence-corrected chi connectivity index (χ2v) is 8.40. The zero-order valence-electron chi connectivity index (χ0n) is 18.3. The van der Waals surface area contributed by atoms with E-state index in [2.05, 4.69) is 57.0 Å². The molecule has 172 valence electrons. The van der Waals surface area contributed by atoms with Gasteiger partial charge in [-0.1, -0.05) is 6.08 Å². The maximum Gasteiger partial charge on any atom is 0.434 e. The van der Waals surface area contributed by atoms with E-state index in [1.54, 1.807) is 6.20 Å². The predicted molar refractivity (Wildman–Crippen MR) is 118 cm³/mol. The molecule has 0 saturated carbocycles. The highest BCUT2D eigenvalue weighted by molar-refractivity contribution is 5.83. The van der Waals surface area contributed by atoms with Crippen LogP contribution in [0.4, 0.5) is 19.0 Å². The Bertz CT molecular complexity index is 1250. The Morgan fingerprint density at radius 1 is 1.06 bits per heavy atom. The highest BCUT2D eigenvalue weighted by Crippen LogP contribution is 2.31. The Balaban J connectivity index is 1.55. The molecule has 5 rings (SSSR count). The summed E-state index contributed by atoms with van der Waals surface area (Å²) in [5.74, 6) is 0.997. The first kappa shape index (κ1) is 21.5. The van der Waals surface area contributed by atoms with Crippen molar-refractivity contribution in [3.63, 3.8) is 0 Å². The third-order valence-electron chi connectivity index (χ3n) is 6.38. The molecule has 3 aromatic rings. The molecule has 3 aromatic heterocycles. The summed E-state index contributed by atoms with van der Waals surface area (Å²) in [6.07, 6.45) is 4.57. The maximum absolute atomic E-state index is 13.2. The number of aromatic nitrogens is 5. The maximum atomic E-state index is 13.2. The summed E-state index contributed by atoms with van der Waals surface area (Å²) in [4.78, 5) is 23.3. The molecule has 0 aromatic carbocycles. The zero-order valence-corrected chi connectivity index (χ0v) is 18.3. The molecule has 0 bridgehead atoms.